The summed E-state index contributed by atoms with van der Waals surface area (Å²) in [5.74, 6) is 0. The Hall–Kier alpha value is -0.120. The molecule has 2 atom stereocenters. The van der Waals surface area contributed by atoms with Crippen LogP contribution in [0.15, 0.2) is 0 Å². The number of likely N-dealkylation sites (N-methyl/N-ethyl adjacent to an activating group) is 1. The van der Waals surface area contributed by atoms with E-state index in [1.54, 1.807) is 0 Å². The molecule has 1 N–H and O–H groups in total. The van der Waals surface area contributed by atoms with E-state index in [1.807, 2.05) is 0 Å². The van der Waals surface area contributed by atoms with Crippen molar-refractivity contribution < 1.29 is 0 Å². The number of hydrogen-bond donors (Lipinski definition) is 1. The molecule has 0 amide bonds. The molecule has 0 aromatic heterocycles. The second kappa shape index (κ2) is 4.60. The molecule has 0 spiro atoms. The van der Waals surface area contributed by atoms with Crippen LogP contribution in [0.5, 0.6) is 0 Å². The Labute approximate surface area is 87.4 Å². The third kappa shape index (κ3) is 2.10. The standard InChI is InChI=1S/C11H23N3/c1-3-13-7-8-14(9-10(13)2)11-5-4-6-12-11/h10-12H,3-9H2,1-2H3. The maximum Gasteiger partial charge on any atom is 0.0598 e. The summed E-state index contributed by atoms with van der Waals surface area (Å²) in [5, 5.41) is 3.59. The van der Waals surface area contributed by atoms with Crippen molar-refractivity contribution >= 4 is 0 Å². The van der Waals surface area contributed by atoms with Crippen LogP contribution in [0.3, 0.4) is 0 Å². The summed E-state index contributed by atoms with van der Waals surface area (Å²) in [5.41, 5.74) is 0. The Balaban J connectivity index is 1.85. The Morgan fingerprint density at radius 1 is 1.36 bits per heavy atom. The van der Waals surface area contributed by atoms with E-state index in [9.17, 15) is 0 Å². The van der Waals surface area contributed by atoms with Gasteiger partial charge < -0.3 is 5.32 Å². The van der Waals surface area contributed by atoms with E-state index < -0.39 is 0 Å². The van der Waals surface area contributed by atoms with Crippen LogP contribution in [0, 0.1) is 0 Å². The van der Waals surface area contributed by atoms with E-state index in [4.69, 9.17) is 0 Å². The molecule has 2 fully saturated rings. The molecule has 2 aliphatic heterocycles. The number of hydrogen-bond acceptors (Lipinski definition) is 3. The zero-order chi connectivity index (χ0) is 9.97. The molecule has 3 heteroatoms. The highest BCUT2D eigenvalue weighted by molar-refractivity contribution is 4.84. The van der Waals surface area contributed by atoms with Crippen molar-refractivity contribution in [2.45, 2.75) is 38.9 Å². The molecule has 0 radical (unpaired) electrons. The molecule has 0 aromatic carbocycles. The molecule has 0 saturated carbocycles. The third-order valence-electron chi connectivity index (χ3n) is 3.68. The van der Waals surface area contributed by atoms with Crippen LogP contribution in [0.25, 0.3) is 0 Å². The smallest absolute Gasteiger partial charge is 0.0598 e. The Morgan fingerprint density at radius 3 is 2.79 bits per heavy atom. The molecule has 0 bridgehead atoms. The van der Waals surface area contributed by atoms with Crippen LogP contribution in [0.2, 0.25) is 0 Å². The Morgan fingerprint density at radius 2 is 2.21 bits per heavy atom. The van der Waals surface area contributed by atoms with E-state index in [0.717, 1.165) is 6.04 Å². The summed E-state index contributed by atoms with van der Waals surface area (Å²) in [7, 11) is 0. The minimum atomic E-state index is 0.677. The van der Waals surface area contributed by atoms with E-state index in [1.165, 1.54) is 45.6 Å². The van der Waals surface area contributed by atoms with Gasteiger partial charge in [-0.3, -0.25) is 9.80 Å². The first-order valence-corrected chi connectivity index (χ1v) is 6.02. The highest BCUT2D eigenvalue weighted by Gasteiger charge is 2.28. The lowest BCUT2D eigenvalue weighted by Crippen LogP contribution is -2.56. The second-order valence-electron chi connectivity index (χ2n) is 4.58. The summed E-state index contributed by atoms with van der Waals surface area (Å²) < 4.78 is 0. The lowest BCUT2D eigenvalue weighted by Gasteiger charge is -2.42. The monoisotopic (exact) mass is 197 g/mol. The predicted octanol–water partition coefficient (Wildman–Crippen LogP) is 0.722. The van der Waals surface area contributed by atoms with Crippen LogP contribution in [-0.2, 0) is 0 Å². The van der Waals surface area contributed by atoms with Gasteiger partial charge in [0.25, 0.3) is 0 Å². The lowest BCUT2D eigenvalue weighted by atomic mass is 10.1. The molecule has 14 heavy (non-hydrogen) atoms. The van der Waals surface area contributed by atoms with Gasteiger partial charge in [0.05, 0.1) is 6.17 Å². The maximum absolute atomic E-state index is 3.59. The average molecular weight is 197 g/mol. The fourth-order valence-electron chi connectivity index (χ4n) is 2.75. The normalized spacial score (nSPS) is 36.4. The number of piperazine rings is 1. The average Bonchev–Trinajstić information content (AvgIpc) is 2.70. The van der Waals surface area contributed by atoms with Gasteiger partial charge in [0.2, 0.25) is 0 Å². The number of nitrogens with one attached hydrogen (secondary N) is 1. The minimum absolute atomic E-state index is 0.677. The van der Waals surface area contributed by atoms with Crippen molar-refractivity contribution in [3.8, 4) is 0 Å². The molecule has 2 heterocycles. The molecule has 0 aliphatic carbocycles. The van der Waals surface area contributed by atoms with E-state index in [-0.39, 0.29) is 0 Å². The van der Waals surface area contributed by atoms with Gasteiger partial charge in [0, 0.05) is 25.7 Å². The summed E-state index contributed by atoms with van der Waals surface area (Å²) >= 11 is 0. The van der Waals surface area contributed by atoms with Gasteiger partial charge in [0.1, 0.15) is 0 Å². The SMILES string of the molecule is CCN1CCN(C2CCCN2)CC1C. The summed E-state index contributed by atoms with van der Waals surface area (Å²) in [4.78, 5) is 5.20. The van der Waals surface area contributed by atoms with Crippen molar-refractivity contribution in [2.24, 2.45) is 0 Å². The quantitative estimate of drug-likeness (QED) is 0.704. The highest BCUT2D eigenvalue weighted by atomic mass is 15.3. The molecule has 0 aromatic rings. The van der Waals surface area contributed by atoms with Gasteiger partial charge in [-0.2, -0.15) is 0 Å². The van der Waals surface area contributed by atoms with Crippen molar-refractivity contribution in [2.75, 3.05) is 32.7 Å². The minimum Gasteiger partial charge on any atom is -0.302 e. The van der Waals surface area contributed by atoms with Crippen molar-refractivity contribution in [3.63, 3.8) is 0 Å². The number of rotatable bonds is 2. The molecule has 2 rings (SSSR count). The van der Waals surface area contributed by atoms with Crippen LogP contribution in [0.4, 0.5) is 0 Å². The van der Waals surface area contributed by atoms with Crippen molar-refractivity contribution in [1.82, 2.24) is 15.1 Å². The molecular weight excluding hydrogens is 174 g/mol. The number of nitrogens with zero attached hydrogens (tertiary/aromatic N) is 2. The van der Waals surface area contributed by atoms with Gasteiger partial charge in [-0.1, -0.05) is 6.92 Å². The molecule has 2 aliphatic rings. The lowest BCUT2D eigenvalue weighted by molar-refractivity contribution is 0.0540. The Bertz CT molecular complexity index is 177. The van der Waals surface area contributed by atoms with Gasteiger partial charge in [-0.15, -0.1) is 0 Å². The van der Waals surface area contributed by atoms with E-state index in [2.05, 4.69) is 29.0 Å². The third-order valence-corrected chi connectivity index (χ3v) is 3.68. The molecule has 2 unspecified atom stereocenters. The summed E-state index contributed by atoms with van der Waals surface area (Å²) in [6, 6.07) is 0.733. The first-order valence-electron chi connectivity index (χ1n) is 6.02. The summed E-state index contributed by atoms with van der Waals surface area (Å²) in [6.45, 7) is 10.8. The van der Waals surface area contributed by atoms with Crippen LogP contribution >= 0.6 is 0 Å². The maximum atomic E-state index is 3.59. The van der Waals surface area contributed by atoms with Crippen LogP contribution in [0.1, 0.15) is 26.7 Å². The Kier molecular flexibility index (Phi) is 3.42. The molecule has 2 saturated heterocycles. The van der Waals surface area contributed by atoms with Gasteiger partial charge in [-0.25, -0.2) is 0 Å². The fraction of sp³-hybridized carbons (Fsp3) is 1.00. The predicted molar refractivity (Wildman–Crippen MR) is 59.3 cm³/mol. The topological polar surface area (TPSA) is 18.5 Å². The van der Waals surface area contributed by atoms with Crippen molar-refractivity contribution in [1.29, 1.82) is 0 Å². The summed E-state index contributed by atoms with van der Waals surface area (Å²) in [6.07, 6.45) is 3.38. The second-order valence-corrected chi connectivity index (χ2v) is 4.58. The molecular formula is C11H23N3. The molecule has 3 nitrogen and oxygen atoms in total. The largest absolute Gasteiger partial charge is 0.302 e. The zero-order valence-electron chi connectivity index (χ0n) is 9.50. The fourth-order valence-corrected chi connectivity index (χ4v) is 2.75. The zero-order valence-corrected chi connectivity index (χ0v) is 9.50. The highest BCUT2D eigenvalue weighted by Crippen LogP contribution is 2.16. The van der Waals surface area contributed by atoms with Gasteiger partial charge in [-0.05, 0) is 32.9 Å². The molecule has 82 valence electrons. The first kappa shape index (κ1) is 10.4. The van der Waals surface area contributed by atoms with E-state index >= 15 is 0 Å². The first-order chi connectivity index (χ1) is 6.81. The van der Waals surface area contributed by atoms with Gasteiger partial charge >= 0.3 is 0 Å². The van der Waals surface area contributed by atoms with Crippen LogP contribution in [-0.4, -0.2) is 54.7 Å². The van der Waals surface area contributed by atoms with Crippen molar-refractivity contribution in [3.05, 3.63) is 0 Å². The van der Waals surface area contributed by atoms with Gasteiger partial charge in [0.15, 0.2) is 0 Å². The van der Waals surface area contributed by atoms with Crippen LogP contribution < -0.4 is 5.32 Å². The van der Waals surface area contributed by atoms with E-state index in [0.29, 0.717) is 6.17 Å².